The number of nitrogens with zero attached hydrogens (tertiary/aromatic N) is 1. The molecular formula is C22H27NO4S. The van der Waals surface area contributed by atoms with Crippen LogP contribution >= 0.6 is 0 Å². The van der Waals surface area contributed by atoms with Gasteiger partial charge in [0, 0.05) is 18.3 Å². The molecule has 0 unspecified atom stereocenters. The van der Waals surface area contributed by atoms with Gasteiger partial charge < -0.3 is 9.64 Å². The highest BCUT2D eigenvalue weighted by Crippen LogP contribution is 2.21. The molecule has 0 N–H and O–H groups in total. The number of amides is 1. The molecule has 0 saturated carbocycles. The van der Waals surface area contributed by atoms with E-state index in [1.807, 2.05) is 51.1 Å². The predicted molar refractivity (Wildman–Crippen MR) is 110 cm³/mol. The molecule has 0 bridgehead atoms. The van der Waals surface area contributed by atoms with Crippen LogP contribution in [-0.2, 0) is 26.9 Å². The lowest BCUT2D eigenvalue weighted by Crippen LogP contribution is -2.49. The van der Waals surface area contributed by atoms with Crippen LogP contribution in [0.3, 0.4) is 0 Å². The number of carbonyl (C=O) groups is 2. The summed E-state index contributed by atoms with van der Waals surface area (Å²) in [7, 11) is -1.33. The molecule has 2 aromatic carbocycles. The van der Waals surface area contributed by atoms with Crippen LogP contribution in [0.5, 0.6) is 0 Å². The molecule has 2 atom stereocenters. The molecule has 0 radical (unpaired) electrons. The van der Waals surface area contributed by atoms with Gasteiger partial charge in [0.2, 0.25) is 0 Å². The second-order valence-electron chi connectivity index (χ2n) is 7.58. The van der Waals surface area contributed by atoms with Crippen LogP contribution in [0.15, 0.2) is 59.5 Å². The Kier molecular flexibility index (Phi) is 7.13. The number of carbonyl (C=O) groups excluding carboxylic acids is 2. The van der Waals surface area contributed by atoms with Gasteiger partial charge in [-0.25, -0.2) is 4.79 Å². The van der Waals surface area contributed by atoms with Crippen molar-refractivity contribution in [3.8, 4) is 0 Å². The van der Waals surface area contributed by atoms with Crippen LogP contribution in [0.2, 0.25) is 0 Å². The molecule has 0 aliphatic rings. The molecule has 28 heavy (non-hydrogen) atoms. The summed E-state index contributed by atoms with van der Waals surface area (Å²) < 4.78 is 17.3. The number of ether oxygens (including phenoxy) is 1. The smallest absolute Gasteiger partial charge is 0.340 e. The Morgan fingerprint density at radius 2 is 1.61 bits per heavy atom. The molecule has 0 fully saturated rings. The molecule has 150 valence electrons. The van der Waals surface area contributed by atoms with Crippen molar-refractivity contribution in [2.24, 2.45) is 0 Å². The summed E-state index contributed by atoms with van der Waals surface area (Å²) in [4.78, 5) is 27.7. The maximum absolute atomic E-state index is 13.1. The van der Waals surface area contributed by atoms with Crippen molar-refractivity contribution in [2.45, 2.75) is 50.8 Å². The number of esters is 1. The fraction of sp³-hybridized carbons (Fsp3) is 0.364. The summed E-state index contributed by atoms with van der Waals surface area (Å²) >= 11 is 0. The predicted octanol–water partition coefficient (Wildman–Crippen LogP) is 3.80. The first-order chi connectivity index (χ1) is 13.1. The van der Waals surface area contributed by atoms with E-state index in [4.69, 9.17) is 4.74 Å². The number of benzene rings is 2. The summed E-state index contributed by atoms with van der Waals surface area (Å²) in [5, 5.41) is 0. The van der Waals surface area contributed by atoms with Gasteiger partial charge in [-0.15, -0.1) is 0 Å². The van der Waals surface area contributed by atoms with Gasteiger partial charge in [-0.2, -0.15) is 0 Å². The summed E-state index contributed by atoms with van der Waals surface area (Å²) in [6, 6.07) is 16.2. The largest absolute Gasteiger partial charge is 0.449 e. The first-order valence-corrected chi connectivity index (χ1v) is 10.7. The molecule has 0 heterocycles. The Morgan fingerprint density at radius 1 is 1.04 bits per heavy atom. The molecule has 0 aromatic heterocycles. The minimum Gasteiger partial charge on any atom is -0.449 e. The van der Waals surface area contributed by atoms with Gasteiger partial charge in [0.15, 0.2) is 6.10 Å². The van der Waals surface area contributed by atoms with Crippen LogP contribution in [0, 0.1) is 0 Å². The van der Waals surface area contributed by atoms with Gasteiger partial charge in [0.05, 0.1) is 21.3 Å². The highest BCUT2D eigenvalue weighted by atomic mass is 32.2. The Morgan fingerprint density at radius 3 is 2.18 bits per heavy atom. The minimum atomic E-state index is -1.33. The highest BCUT2D eigenvalue weighted by molar-refractivity contribution is 7.84. The lowest BCUT2D eigenvalue weighted by Gasteiger charge is -2.37. The summed E-state index contributed by atoms with van der Waals surface area (Å²) in [6.45, 7) is 7.81. The van der Waals surface area contributed by atoms with E-state index in [1.54, 1.807) is 36.1 Å². The molecular weight excluding hydrogens is 374 g/mol. The van der Waals surface area contributed by atoms with Crippen LogP contribution in [0.4, 0.5) is 0 Å². The van der Waals surface area contributed by atoms with Crippen LogP contribution in [-0.4, -0.2) is 38.9 Å². The van der Waals surface area contributed by atoms with E-state index in [0.29, 0.717) is 11.4 Å². The average Bonchev–Trinajstić information content (AvgIpc) is 2.65. The van der Waals surface area contributed by atoms with Crippen molar-refractivity contribution in [3.05, 3.63) is 65.7 Å². The van der Waals surface area contributed by atoms with E-state index in [2.05, 4.69) is 0 Å². The SMILES string of the molecule is C[C@H](OC(=O)c1ccccc1[S@](C)=O)C(=O)N(Cc1ccccc1)C(C)(C)C. The zero-order valence-corrected chi connectivity index (χ0v) is 17.8. The Labute approximate surface area is 169 Å². The molecule has 0 saturated heterocycles. The maximum atomic E-state index is 13.1. The standard InChI is InChI=1S/C22H27NO4S/c1-16(27-21(25)18-13-9-10-14-19(18)28(5)26)20(24)23(22(2,3)4)15-17-11-7-6-8-12-17/h6-14,16H,15H2,1-5H3/t16-,28-/m0/s1. The van der Waals surface area contributed by atoms with Crippen molar-refractivity contribution in [1.82, 2.24) is 4.90 Å². The fourth-order valence-electron chi connectivity index (χ4n) is 2.79. The van der Waals surface area contributed by atoms with E-state index in [-0.39, 0.29) is 11.5 Å². The van der Waals surface area contributed by atoms with Crippen LogP contribution < -0.4 is 0 Å². The third-order valence-corrected chi connectivity index (χ3v) is 5.28. The fourth-order valence-corrected chi connectivity index (χ4v) is 3.52. The minimum absolute atomic E-state index is 0.216. The molecule has 0 aliphatic heterocycles. The van der Waals surface area contributed by atoms with E-state index in [9.17, 15) is 13.8 Å². The van der Waals surface area contributed by atoms with Crippen molar-refractivity contribution >= 4 is 22.7 Å². The Bertz CT molecular complexity index is 858. The molecule has 2 aromatic rings. The third kappa shape index (κ3) is 5.52. The van der Waals surface area contributed by atoms with Gasteiger partial charge in [-0.1, -0.05) is 42.5 Å². The molecule has 5 nitrogen and oxygen atoms in total. The quantitative estimate of drug-likeness (QED) is 0.691. The monoisotopic (exact) mass is 401 g/mol. The summed E-state index contributed by atoms with van der Waals surface area (Å²) in [6.07, 6.45) is 0.538. The highest BCUT2D eigenvalue weighted by Gasteiger charge is 2.32. The number of hydrogen-bond acceptors (Lipinski definition) is 4. The summed E-state index contributed by atoms with van der Waals surface area (Å²) in [5.41, 5.74) is 0.764. The zero-order chi connectivity index (χ0) is 20.9. The van der Waals surface area contributed by atoms with Crippen molar-refractivity contribution in [2.75, 3.05) is 6.26 Å². The average molecular weight is 402 g/mol. The Balaban J connectivity index is 2.19. The van der Waals surface area contributed by atoms with Crippen LogP contribution in [0.25, 0.3) is 0 Å². The zero-order valence-electron chi connectivity index (χ0n) is 17.0. The van der Waals surface area contributed by atoms with Gasteiger partial charge >= 0.3 is 5.97 Å². The van der Waals surface area contributed by atoms with Crippen LogP contribution in [0.1, 0.15) is 43.6 Å². The van der Waals surface area contributed by atoms with E-state index < -0.39 is 28.4 Å². The maximum Gasteiger partial charge on any atom is 0.340 e. The molecule has 2 rings (SSSR count). The van der Waals surface area contributed by atoms with E-state index >= 15 is 0 Å². The van der Waals surface area contributed by atoms with E-state index in [0.717, 1.165) is 5.56 Å². The first kappa shape index (κ1) is 21.8. The van der Waals surface area contributed by atoms with Gasteiger partial charge in [0.1, 0.15) is 0 Å². The first-order valence-electron chi connectivity index (χ1n) is 9.10. The molecule has 6 heteroatoms. The topological polar surface area (TPSA) is 63.7 Å². The van der Waals surface area contributed by atoms with Crippen molar-refractivity contribution < 1.29 is 18.5 Å². The number of hydrogen-bond donors (Lipinski definition) is 0. The lowest BCUT2D eigenvalue weighted by molar-refractivity contribution is -0.145. The normalized spacial score (nSPS) is 13.5. The molecule has 1 amide bonds. The van der Waals surface area contributed by atoms with Gasteiger partial charge in [0.25, 0.3) is 5.91 Å². The molecule has 0 aliphatic carbocycles. The van der Waals surface area contributed by atoms with Crippen molar-refractivity contribution in [1.29, 1.82) is 0 Å². The second kappa shape index (κ2) is 9.15. The molecule has 0 spiro atoms. The van der Waals surface area contributed by atoms with Crippen molar-refractivity contribution in [3.63, 3.8) is 0 Å². The summed E-state index contributed by atoms with van der Waals surface area (Å²) in [5.74, 6) is -0.931. The third-order valence-electron chi connectivity index (χ3n) is 4.31. The van der Waals surface area contributed by atoms with Gasteiger partial charge in [-0.05, 0) is 45.4 Å². The van der Waals surface area contributed by atoms with E-state index in [1.165, 1.54) is 6.26 Å². The Hall–Kier alpha value is -2.47. The second-order valence-corrected chi connectivity index (χ2v) is 8.93. The lowest BCUT2D eigenvalue weighted by atomic mass is 10.0. The van der Waals surface area contributed by atoms with Gasteiger partial charge in [-0.3, -0.25) is 9.00 Å². The number of rotatable bonds is 6.